The predicted octanol–water partition coefficient (Wildman–Crippen LogP) is 2.89. The molecule has 2 N–H and O–H groups in total. The number of aromatic nitrogens is 1. The molecule has 6 nitrogen and oxygen atoms in total. The van der Waals surface area contributed by atoms with Gasteiger partial charge in [0.25, 0.3) is 0 Å². The van der Waals surface area contributed by atoms with E-state index in [0.717, 1.165) is 6.42 Å². The van der Waals surface area contributed by atoms with Gasteiger partial charge in [-0.2, -0.15) is 13.2 Å². The molecule has 2 rings (SSSR count). The molecular formula is C15H16ClF3N2O4. The first kappa shape index (κ1) is 19.3. The number of carboxylic acids is 1. The van der Waals surface area contributed by atoms with E-state index in [4.69, 9.17) is 21.4 Å². The Labute approximate surface area is 146 Å². The molecule has 0 atom stereocenters. The summed E-state index contributed by atoms with van der Waals surface area (Å²) in [4.78, 5) is 26.5. The van der Waals surface area contributed by atoms with Gasteiger partial charge < -0.3 is 15.2 Å². The van der Waals surface area contributed by atoms with Crippen molar-refractivity contribution in [3.63, 3.8) is 0 Å². The number of ether oxygens (including phenoxy) is 1. The van der Waals surface area contributed by atoms with Crippen molar-refractivity contribution in [2.45, 2.75) is 31.9 Å². The van der Waals surface area contributed by atoms with Gasteiger partial charge in [0.2, 0.25) is 11.8 Å². The summed E-state index contributed by atoms with van der Waals surface area (Å²) in [6, 6.07) is 0.704. The van der Waals surface area contributed by atoms with E-state index in [-0.39, 0.29) is 30.5 Å². The molecule has 1 heterocycles. The van der Waals surface area contributed by atoms with Crippen LogP contribution in [0.15, 0.2) is 12.3 Å². The molecular weight excluding hydrogens is 365 g/mol. The van der Waals surface area contributed by atoms with Crippen molar-refractivity contribution in [3.8, 4) is 5.88 Å². The van der Waals surface area contributed by atoms with Crippen molar-refractivity contribution in [2.24, 2.45) is 5.41 Å². The maximum atomic E-state index is 12.5. The van der Waals surface area contributed by atoms with Gasteiger partial charge in [0.05, 0.1) is 17.5 Å². The highest BCUT2D eigenvalue weighted by Gasteiger charge is 2.45. The minimum atomic E-state index is -4.55. The summed E-state index contributed by atoms with van der Waals surface area (Å²) in [5.41, 5.74) is -1.97. The molecule has 1 aromatic heterocycles. The first-order valence-corrected chi connectivity index (χ1v) is 7.87. The first-order valence-electron chi connectivity index (χ1n) is 7.50. The van der Waals surface area contributed by atoms with Crippen molar-refractivity contribution in [3.05, 3.63) is 22.8 Å². The molecule has 10 heteroatoms. The number of rotatable bonds is 7. The Kier molecular flexibility index (Phi) is 5.76. The Morgan fingerprint density at radius 1 is 1.40 bits per heavy atom. The molecule has 0 unspecified atom stereocenters. The molecule has 25 heavy (non-hydrogen) atoms. The minimum absolute atomic E-state index is 0.0492. The Morgan fingerprint density at radius 3 is 2.56 bits per heavy atom. The molecule has 0 aliphatic heterocycles. The van der Waals surface area contributed by atoms with Crippen LogP contribution in [0.25, 0.3) is 0 Å². The molecule has 0 saturated heterocycles. The summed E-state index contributed by atoms with van der Waals surface area (Å²) < 4.78 is 42.6. The van der Waals surface area contributed by atoms with Gasteiger partial charge >= 0.3 is 12.1 Å². The number of nitrogens with zero attached hydrogens (tertiary/aromatic N) is 1. The van der Waals surface area contributed by atoms with Crippen LogP contribution in [-0.4, -0.2) is 35.1 Å². The van der Waals surface area contributed by atoms with Crippen molar-refractivity contribution in [2.75, 3.05) is 13.2 Å². The zero-order valence-electron chi connectivity index (χ0n) is 13.0. The first-order chi connectivity index (χ1) is 11.6. The number of halogens is 4. The Hall–Kier alpha value is -2.03. The van der Waals surface area contributed by atoms with E-state index in [1.165, 1.54) is 0 Å². The predicted molar refractivity (Wildman–Crippen MR) is 81.3 cm³/mol. The van der Waals surface area contributed by atoms with Gasteiger partial charge in [-0.15, -0.1) is 0 Å². The van der Waals surface area contributed by atoms with E-state index in [1.807, 2.05) is 0 Å². The van der Waals surface area contributed by atoms with Gasteiger partial charge in [-0.05, 0) is 18.9 Å². The number of carbonyl (C=O) groups excluding carboxylic acids is 1. The molecule has 0 spiro atoms. The maximum Gasteiger partial charge on any atom is 0.417 e. The number of pyridine rings is 1. The fraction of sp³-hybridized carbons (Fsp3) is 0.533. The van der Waals surface area contributed by atoms with E-state index in [0.29, 0.717) is 25.1 Å². The lowest BCUT2D eigenvalue weighted by Gasteiger charge is -2.36. The van der Waals surface area contributed by atoms with Gasteiger partial charge in [0, 0.05) is 12.6 Å². The largest absolute Gasteiger partial charge is 0.481 e. The third kappa shape index (κ3) is 4.75. The van der Waals surface area contributed by atoms with Crippen molar-refractivity contribution in [1.82, 2.24) is 10.3 Å². The van der Waals surface area contributed by atoms with E-state index in [1.54, 1.807) is 0 Å². The van der Waals surface area contributed by atoms with Crippen LogP contribution in [0.5, 0.6) is 5.88 Å². The lowest BCUT2D eigenvalue weighted by molar-refractivity contribution is -0.157. The monoisotopic (exact) mass is 380 g/mol. The highest BCUT2D eigenvalue weighted by molar-refractivity contribution is 6.31. The van der Waals surface area contributed by atoms with Crippen LogP contribution in [0, 0.1) is 5.41 Å². The van der Waals surface area contributed by atoms with Gasteiger partial charge in [-0.3, -0.25) is 9.59 Å². The number of aliphatic carboxylic acids is 1. The van der Waals surface area contributed by atoms with Gasteiger partial charge in [-0.1, -0.05) is 18.0 Å². The Bertz CT molecular complexity index is 663. The SMILES string of the molecule is O=C(CC1(C(=O)O)CCC1)NCCOc1ncc(C(F)(F)F)cc1Cl. The fourth-order valence-corrected chi connectivity index (χ4v) is 2.69. The number of amides is 1. The van der Waals surface area contributed by atoms with Crippen LogP contribution in [0.2, 0.25) is 5.02 Å². The second-order valence-electron chi connectivity index (χ2n) is 5.82. The molecule has 138 valence electrons. The van der Waals surface area contributed by atoms with E-state index in [2.05, 4.69) is 10.3 Å². The zero-order valence-corrected chi connectivity index (χ0v) is 13.8. The van der Waals surface area contributed by atoms with Crippen molar-refractivity contribution < 1.29 is 32.6 Å². The van der Waals surface area contributed by atoms with Gasteiger partial charge in [0.15, 0.2) is 0 Å². The molecule has 1 aliphatic carbocycles. The lowest BCUT2D eigenvalue weighted by atomic mass is 9.66. The van der Waals surface area contributed by atoms with Crippen LogP contribution in [0.4, 0.5) is 13.2 Å². The highest BCUT2D eigenvalue weighted by atomic mass is 35.5. The summed E-state index contributed by atoms with van der Waals surface area (Å²) in [6.45, 7) is -0.0164. The molecule has 0 aromatic carbocycles. The molecule has 0 bridgehead atoms. The van der Waals surface area contributed by atoms with Crippen LogP contribution >= 0.6 is 11.6 Å². The Balaban J connectivity index is 1.78. The normalized spacial score (nSPS) is 16.0. The summed E-state index contributed by atoms with van der Waals surface area (Å²) in [5.74, 6) is -1.58. The van der Waals surface area contributed by atoms with Crippen molar-refractivity contribution in [1.29, 1.82) is 0 Å². The number of hydrogen-bond donors (Lipinski definition) is 2. The third-order valence-corrected chi connectivity index (χ3v) is 4.33. The summed E-state index contributed by atoms with van der Waals surface area (Å²) >= 11 is 5.69. The van der Waals surface area contributed by atoms with Gasteiger partial charge in [-0.25, -0.2) is 4.98 Å². The van der Waals surface area contributed by atoms with E-state index >= 15 is 0 Å². The average Bonchev–Trinajstić information content (AvgIpc) is 2.47. The van der Waals surface area contributed by atoms with Crippen molar-refractivity contribution >= 4 is 23.5 Å². The lowest BCUT2D eigenvalue weighted by Crippen LogP contribution is -2.43. The van der Waals surface area contributed by atoms with E-state index in [9.17, 15) is 22.8 Å². The molecule has 0 radical (unpaired) electrons. The number of nitrogens with one attached hydrogen (secondary N) is 1. The maximum absolute atomic E-state index is 12.5. The fourth-order valence-electron chi connectivity index (χ4n) is 2.46. The summed E-state index contributed by atoms with van der Waals surface area (Å²) in [6.07, 6.45) is -2.34. The minimum Gasteiger partial charge on any atom is -0.481 e. The van der Waals surface area contributed by atoms with Crippen LogP contribution in [0.3, 0.4) is 0 Å². The zero-order chi connectivity index (χ0) is 18.7. The molecule has 1 fully saturated rings. The smallest absolute Gasteiger partial charge is 0.417 e. The van der Waals surface area contributed by atoms with Crippen LogP contribution in [0.1, 0.15) is 31.2 Å². The number of alkyl halides is 3. The quantitative estimate of drug-likeness (QED) is 0.710. The van der Waals surface area contributed by atoms with E-state index < -0.39 is 29.0 Å². The molecule has 1 saturated carbocycles. The third-order valence-electron chi connectivity index (χ3n) is 4.06. The average molecular weight is 381 g/mol. The molecule has 1 aliphatic rings. The van der Waals surface area contributed by atoms with Crippen LogP contribution < -0.4 is 10.1 Å². The van der Waals surface area contributed by atoms with Gasteiger partial charge in [0.1, 0.15) is 11.6 Å². The highest BCUT2D eigenvalue weighted by Crippen LogP contribution is 2.44. The standard InChI is InChI=1S/C15H16ClF3N2O4/c16-10-6-9(15(17,18)19)8-21-12(10)25-5-4-20-11(22)7-14(13(23)24)2-1-3-14/h6,8H,1-5,7H2,(H,20,22)(H,23,24). The number of hydrogen-bond acceptors (Lipinski definition) is 4. The number of carbonyl (C=O) groups is 2. The second kappa shape index (κ2) is 7.47. The molecule has 1 amide bonds. The van der Waals surface area contributed by atoms with Crippen LogP contribution in [-0.2, 0) is 15.8 Å². The number of carboxylic acid groups (broad SMARTS) is 1. The summed E-state index contributed by atoms with van der Waals surface area (Å²) in [7, 11) is 0. The summed E-state index contributed by atoms with van der Waals surface area (Å²) in [5, 5.41) is 11.4. The topological polar surface area (TPSA) is 88.5 Å². The second-order valence-corrected chi connectivity index (χ2v) is 6.23. The molecule has 1 aromatic rings. The Morgan fingerprint density at radius 2 is 2.08 bits per heavy atom.